The minimum absolute atomic E-state index is 0.0218. The van der Waals surface area contributed by atoms with Crippen LogP contribution in [0.15, 0.2) is 51.4 Å². The summed E-state index contributed by atoms with van der Waals surface area (Å²) in [6.07, 6.45) is 1.57. The maximum atomic E-state index is 12.5. The van der Waals surface area contributed by atoms with Gasteiger partial charge in [-0.1, -0.05) is 17.7 Å². The van der Waals surface area contributed by atoms with E-state index in [4.69, 9.17) is 21.7 Å². The van der Waals surface area contributed by atoms with Crippen molar-refractivity contribution in [1.29, 1.82) is 5.41 Å². The molecular weight excluding hydrogens is 404 g/mol. The van der Waals surface area contributed by atoms with Crippen LogP contribution in [0, 0.1) is 5.41 Å². The lowest BCUT2D eigenvalue weighted by Gasteiger charge is -2.20. The molecule has 0 bridgehead atoms. The number of carbonyl (C=O) groups excluding carboxylic acids is 1. The molecule has 0 saturated carbocycles. The molecule has 27 heavy (non-hydrogen) atoms. The van der Waals surface area contributed by atoms with Gasteiger partial charge in [-0.25, -0.2) is 0 Å². The number of ether oxygens (including phenoxy) is 1. The fourth-order valence-electron chi connectivity index (χ4n) is 2.57. The number of carbonyl (C=O) groups is 1. The number of nitrogens with zero attached hydrogens (tertiary/aromatic N) is 3. The number of amidine groups is 2. The number of fused-ring (bicyclic) bond motifs is 1. The first-order valence-corrected chi connectivity index (χ1v) is 10.1. The molecule has 0 radical (unpaired) electrons. The third-order valence-electron chi connectivity index (χ3n) is 3.76. The summed E-state index contributed by atoms with van der Waals surface area (Å²) in [6, 6.07) is 9.02. The molecule has 9 heteroatoms. The van der Waals surface area contributed by atoms with E-state index in [1.54, 1.807) is 35.6 Å². The summed E-state index contributed by atoms with van der Waals surface area (Å²) in [7, 11) is 0. The molecule has 2 aliphatic rings. The van der Waals surface area contributed by atoms with E-state index < -0.39 is 5.91 Å². The van der Waals surface area contributed by atoms with Crippen molar-refractivity contribution in [2.45, 2.75) is 6.92 Å². The monoisotopic (exact) mass is 416 g/mol. The number of hydrazone groups is 1. The lowest BCUT2D eigenvalue weighted by molar-refractivity contribution is -0.114. The van der Waals surface area contributed by atoms with Crippen molar-refractivity contribution >= 4 is 62.7 Å². The van der Waals surface area contributed by atoms with Crippen LogP contribution in [0.3, 0.4) is 0 Å². The van der Waals surface area contributed by atoms with Crippen LogP contribution >= 0.6 is 34.7 Å². The van der Waals surface area contributed by atoms with E-state index in [1.165, 1.54) is 16.8 Å². The number of amides is 1. The number of hydrogen-bond donors (Lipinski definition) is 1. The van der Waals surface area contributed by atoms with Gasteiger partial charge in [0.15, 0.2) is 5.84 Å². The van der Waals surface area contributed by atoms with Crippen LogP contribution in [0.1, 0.15) is 17.4 Å². The predicted molar refractivity (Wildman–Crippen MR) is 111 cm³/mol. The Kier molecular flexibility index (Phi) is 4.86. The van der Waals surface area contributed by atoms with Crippen LogP contribution in [0.5, 0.6) is 5.75 Å². The first kappa shape index (κ1) is 18.0. The minimum atomic E-state index is -0.483. The number of benzene rings is 1. The van der Waals surface area contributed by atoms with Crippen LogP contribution in [0.4, 0.5) is 0 Å². The Labute approximate surface area is 168 Å². The first-order valence-electron chi connectivity index (χ1n) is 8.03. The number of thioether (sulfide) groups is 1. The lowest BCUT2D eigenvalue weighted by Crippen LogP contribution is -2.35. The second-order valence-electron chi connectivity index (χ2n) is 5.52. The van der Waals surface area contributed by atoms with Gasteiger partial charge in [-0.15, -0.1) is 11.3 Å². The Morgan fingerprint density at radius 1 is 1.37 bits per heavy atom. The Morgan fingerprint density at radius 2 is 2.22 bits per heavy atom. The molecule has 136 valence electrons. The number of rotatable bonds is 4. The molecule has 1 aromatic heterocycles. The SMILES string of the molecule is CCOc1ccc(Cl)cc1/C=C1/C(=N)N2N=C(c3cccs3)SC2=NC1=O. The van der Waals surface area contributed by atoms with E-state index in [-0.39, 0.29) is 11.4 Å². The van der Waals surface area contributed by atoms with Crippen molar-refractivity contribution in [2.24, 2.45) is 10.1 Å². The number of hydrogen-bond acceptors (Lipinski definition) is 6. The molecule has 0 unspecified atom stereocenters. The Balaban J connectivity index is 1.72. The highest BCUT2D eigenvalue weighted by atomic mass is 35.5. The third-order valence-corrected chi connectivity index (χ3v) is 5.94. The molecule has 1 amide bonds. The maximum Gasteiger partial charge on any atom is 0.283 e. The van der Waals surface area contributed by atoms with Gasteiger partial charge in [0.25, 0.3) is 5.91 Å². The van der Waals surface area contributed by atoms with Crippen LogP contribution < -0.4 is 4.74 Å². The quantitative estimate of drug-likeness (QED) is 0.746. The van der Waals surface area contributed by atoms with Crippen molar-refractivity contribution in [3.05, 3.63) is 56.7 Å². The van der Waals surface area contributed by atoms with Gasteiger partial charge in [-0.05, 0) is 54.4 Å². The first-order chi connectivity index (χ1) is 13.1. The number of thiophene rings is 1. The zero-order valence-electron chi connectivity index (χ0n) is 14.1. The molecule has 6 nitrogen and oxygen atoms in total. The molecule has 0 atom stereocenters. The molecule has 0 aliphatic carbocycles. The average Bonchev–Trinajstić information content (AvgIpc) is 3.30. The molecule has 2 aliphatic heterocycles. The van der Waals surface area contributed by atoms with Gasteiger partial charge >= 0.3 is 0 Å². The van der Waals surface area contributed by atoms with Crippen LogP contribution in [0.2, 0.25) is 5.02 Å². The van der Waals surface area contributed by atoms with E-state index in [9.17, 15) is 4.79 Å². The maximum absolute atomic E-state index is 12.5. The van der Waals surface area contributed by atoms with Crippen LogP contribution in [-0.4, -0.2) is 33.6 Å². The summed E-state index contributed by atoms with van der Waals surface area (Å²) in [4.78, 5) is 17.6. The Morgan fingerprint density at radius 3 is 2.96 bits per heavy atom. The fourth-order valence-corrected chi connectivity index (χ4v) is 4.43. The third kappa shape index (κ3) is 3.43. The standard InChI is InChI=1S/C18H13ClN4O2S2/c1-2-25-13-6-5-11(19)8-10(13)9-12-15(20)23-18(21-16(12)24)27-17(22-23)14-4-3-7-26-14/h3-9,20H,2H2,1H3/b12-9-,20-15?. The summed E-state index contributed by atoms with van der Waals surface area (Å²) in [5, 5.41) is 17.9. The number of nitrogens with one attached hydrogen (secondary N) is 1. The highest BCUT2D eigenvalue weighted by Gasteiger charge is 2.36. The van der Waals surface area contributed by atoms with E-state index in [0.717, 1.165) is 9.92 Å². The second-order valence-corrected chi connectivity index (χ2v) is 7.86. The average molecular weight is 417 g/mol. The Hall–Kier alpha value is -2.42. The molecule has 4 rings (SSSR count). The summed E-state index contributed by atoms with van der Waals surface area (Å²) >= 11 is 8.92. The molecule has 0 fully saturated rings. The van der Waals surface area contributed by atoms with Gasteiger partial charge in [0.1, 0.15) is 10.8 Å². The normalized spacial score (nSPS) is 17.9. The van der Waals surface area contributed by atoms with Crippen LogP contribution in [-0.2, 0) is 4.79 Å². The largest absolute Gasteiger partial charge is 0.493 e. The fraction of sp³-hybridized carbons (Fsp3) is 0.111. The topological polar surface area (TPSA) is 78.1 Å². The van der Waals surface area contributed by atoms with Crippen molar-refractivity contribution in [3.63, 3.8) is 0 Å². The number of halogens is 1. The zero-order chi connectivity index (χ0) is 19.0. The molecule has 2 aromatic rings. The Bertz CT molecular complexity index is 1030. The molecule has 1 aromatic carbocycles. The van der Waals surface area contributed by atoms with Crippen molar-refractivity contribution in [2.75, 3.05) is 6.61 Å². The minimum Gasteiger partial charge on any atom is -0.493 e. The van der Waals surface area contributed by atoms with Crippen LogP contribution in [0.25, 0.3) is 6.08 Å². The lowest BCUT2D eigenvalue weighted by atomic mass is 10.1. The molecule has 0 spiro atoms. The van der Waals surface area contributed by atoms with E-state index in [0.29, 0.717) is 28.1 Å². The summed E-state index contributed by atoms with van der Waals surface area (Å²) in [6.45, 7) is 2.35. The van der Waals surface area contributed by atoms with Crippen molar-refractivity contribution in [3.8, 4) is 5.75 Å². The van der Waals surface area contributed by atoms with Gasteiger partial charge < -0.3 is 4.74 Å². The highest BCUT2D eigenvalue weighted by Crippen LogP contribution is 2.33. The second kappa shape index (κ2) is 7.30. The predicted octanol–water partition coefficient (Wildman–Crippen LogP) is 4.47. The van der Waals surface area contributed by atoms with Gasteiger partial charge in [0.2, 0.25) is 5.17 Å². The van der Waals surface area contributed by atoms with E-state index in [2.05, 4.69) is 10.1 Å². The smallest absolute Gasteiger partial charge is 0.283 e. The van der Waals surface area contributed by atoms with Gasteiger partial charge in [0.05, 0.1) is 17.1 Å². The van der Waals surface area contributed by atoms with E-state index in [1.807, 2.05) is 24.4 Å². The molecule has 3 heterocycles. The van der Waals surface area contributed by atoms with Crippen molar-refractivity contribution < 1.29 is 9.53 Å². The molecule has 0 saturated heterocycles. The highest BCUT2D eigenvalue weighted by molar-refractivity contribution is 8.27. The van der Waals surface area contributed by atoms with Crippen molar-refractivity contribution in [1.82, 2.24) is 5.01 Å². The van der Waals surface area contributed by atoms with Gasteiger partial charge in [-0.3, -0.25) is 10.2 Å². The molecular formula is C18H13ClN4O2S2. The van der Waals surface area contributed by atoms with Gasteiger partial charge in [-0.2, -0.15) is 15.1 Å². The summed E-state index contributed by atoms with van der Waals surface area (Å²) in [5.74, 6) is 0.0821. The summed E-state index contributed by atoms with van der Waals surface area (Å²) in [5.41, 5.74) is 0.754. The van der Waals surface area contributed by atoms with Gasteiger partial charge in [0, 0.05) is 10.6 Å². The molecule has 1 N–H and O–H groups in total. The number of aliphatic imine (C=N–C) groups is 1. The zero-order valence-corrected chi connectivity index (χ0v) is 16.5. The summed E-state index contributed by atoms with van der Waals surface area (Å²) < 4.78 is 5.59. The van der Waals surface area contributed by atoms with E-state index >= 15 is 0 Å².